The first-order valence-electron chi connectivity index (χ1n) is 5.37. The summed E-state index contributed by atoms with van der Waals surface area (Å²) in [6, 6.07) is 0.465. The lowest BCUT2D eigenvalue weighted by atomic mass is 10.3. The lowest BCUT2D eigenvalue weighted by Gasteiger charge is -2.07. The Kier molecular flexibility index (Phi) is 6.02. The molecule has 0 bridgehead atoms. The fourth-order valence-corrected chi connectivity index (χ4v) is 1.17. The van der Waals surface area contributed by atoms with Gasteiger partial charge in [0.2, 0.25) is 5.95 Å². The number of anilines is 1. The van der Waals surface area contributed by atoms with E-state index in [-0.39, 0.29) is 12.0 Å². The Morgan fingerprint density at radius 2 is 1.59 bits per heavy atom. The van der Waals surface area contributed by atoms with Crippen molar-refractivity contribution in [1.29, 1.82) is 0 Å². The van der Waals surface area contributed by atoms with Gasteiger partial charge in [-0.3, -0.25) is 0 Å². The highest BCUT2D eigenvalue weighted by atomic mass is 16.5. The molecule has 7 nitrogen and oxygen atoms in total. The lowest BCUT2D eigenvalue weighted by molar-refractivity contribution is 0.193. The predicted octanol–water partition coefficient (Wildman–Crippen LogP) is 0.727. The summed E-state index contributed by atoms with van der Waals surface area (Å²) in [6.45, 7) is 1.52. The van der Waals surface area contributed by atoms with Crippen molar-refractivity contribution >= 4 is 5.95 Å². The molecule has 0 amide bonds. The second-order valence-corrected chi connectivity index (χ2v) is 3.26. The van der Waals surface area contributed by atoms with E-state index in [0.29, 0.717) is 5.95 Å². The van der Waals surface area contributed by atoms with E-state index in [9.17, 15) is 0 Å². The molecule has 7 heteroatoms. The van der Waals surface area contributed by atoms with E-state index in [1.54, 1.807) is 7.11 Å². The topological polar surface area (TPSA) is 78.4 Å². The van der Waals surface area contributed by atoms with Crippen molar-refractivity contribution in [2.75, 3.05) is 39.8 Å². The van der Waals surface area contributed by atoms with Crippen LogP contribution in [0, 0.1) is 0 Å². The Bertz CT molecular complexity index is 313. The fraction of sp³-hybridized carbons (Fsp3) is 0.700. The Balaban J connectivity index is 2.46. The Labute approximate surface area is 101 Å². The number of methoxy groups -OCH3 is 3. The van der Waals surface area contributed by atoms with E-state index in [4.69, 9.17) is 14.2 Å². The molecule has 1 N–H and O–H groups in total. The first-order chi connectivity index (χ1) is 8.30. The van der Waals surface area contributed by atoms with Gasteiger partial charge in [-0.05, 0) is 12.8 Å². The number of nitrogens with one attached hydrogen (secondary N) is 1. The summed E-state index contributed by atoms with van der Waals surface area (Å²) in [5.41, 5.74) is 0. The second kappa shape index (κ2) is 7.61. The van der Waals surface area contributed by atoms with Gasteiger partial charge in [0.15, 0.2) is 0 Å². The van der Waals surface area contributed by atoms with Crippen molar-refractivity contribution in [3.63, 3.8) is 0 Å². The van der Waals surface area contributed by atoms with Gasteiger partial charge in [-0.25, -0.2) is 0 Å². The zero-order valence-electron chi connectivity index (χ0n) is 10.4. The van der Waals surface area contributed by atoms with E-state index in [1.807, 2.05) is 0 Å². The van der Waals surface area contributed by atoms with Crippen LogP contribution in [-0.2, 0) is 4.74 Å². The van der Waals surface area contributed by atoms with Crippen molar-refractivity contribution in [3.05, 3.63) is 0 Å². The molecule has 17 heavy (non-hydrogen) atoms. The van der Waals surface area contributed by atoms with Gasteiger partial charge in [0.1, 0.15) is 0 Å². The Hall–Kier alpha value is -1.63. The summed E-state index contributed by atoms with van der Waals surface area (Å²) in [4.78, 5) is 12.0. The summed E-state index contributed by atoms with van der Waals surface area (Å²) < 4.78 is 14.8. The number of hydrogen-bond acceptors (Lipinski definition) is 7. The van der Waals surface area contributed by atoms with Crippen LogP contribution in [-0.4, -0.2) is 49.4 Å². The molecular weight excluding hydrogens is 224 g/mol. The van der Waals surface area contributed by atoms with Gasteiger partial charge in [0.25, 0.3) is 0 Å². The van der Waals surface area contributed by atoms with Gasteiger partial charge in [0, 0.05) is 20.3 Å². The SMILES string of the molecule is COCCCCNc1nc(OC)nc(OC)n1. The van der Waals surface area contributed by atoms with Crippen LogP contribution >= 0.6 is 0 Å². The zero-order chi connectivity index (χ0) is 12.5. The fourth-order valence-electron chi connectivity index (χ4n) is 1.17. The molecule has 0 spiro atoms. The third-order valence-electron chi connectivity index (χ3n) is 2.02. The molecule has 1 aromatic rings. The Morgan fingerprint density at radius 1 is 0.941 bits per heavy atom. The van der Waals surface area contributed by atoms with Crippen molar-refractivity contribution < 1.29 is 14.2 Å². The summed E-state index contributed by atoms with van der Waals surface area (Å²) in [6.07, 6.45) is 1.97. The van der Waals surface area contributed by atoms with Crippen LogP contribution in [0.15, 0.2) is 0 Å². The average molecular weight is 242 g/mol. The number of unbranched alkanes of at least 4 members (excludes halogenated alkanes) is 1. The van der Waals surface area contributed by atoms with Crippen molar-refractivity contribution in [3.8, 4) is 12.0 Å². The second-order valence-electron chi connectivity index (χ2n) is 3.26. The molecule has 0 aromatic carbocycles. The molecule has 1 rings (SSSR count). The third kappa shape index (κ3) is 4.81. The minimum atomic E-state index is 0.233. The molecule has 0 aliphatic rings. The maximum absolute atomic E-state index is 4.96. The van der Waals surface area contributed by atoms with Gasteiger partial charge < -0.3 is 19.5 Å². The lowest BCUT2D eigenvalue weighted by Crippen LogP contribution is -2.09. The molecule has 1 heterocycles. The normalized spacial score (nSPS) is 10.1. The van der Waals surface area contributed by atoms with Crippen molar-refractivity contribution in [2.45, 2.75) is 12.8 Å². The predicted molar refractivity (Wildman–Crippen MR) is 62.5 cm³/mol. The summed E-state index contributed by atoms with van der Waals surface area (Å²) >= 11 is 0. The number of hydrogen-bond donors (Lipinski definition) is 1. The molecule has 0 aliphatic heterocycles. The quantitative estimate of drug-likeness (QED) is 0.673. The van der Waals surface area contributed by atoms with Crippen LogP contribution in [0.3, 0.4) is 0 Å². The van der Waals surface area contributed by atoms with Crippen LogP contribution in [0.1, 0.15) is 12.8 Å². The van der Waals surface area contributed by atoms with E-state index < -0.39 is 0 Å². The average Bonchev–Trinajstić information content (AvgIpc) is 2.38. The smallest absolute Gasteiger partial charge is 0.324 e. The standard InChI is InChI=1S/C10H18N4O3/c1-15-7-5-4-6-11-8-12-9(16-2)14-10(13-8)17-3/h4-7H2,1-3H3,(H,11,12,13,14). The minimum Gasteiger partial charge on any atom is -0.467 e. The van der Waals surface area contributed by atoms with Gasteiger partial charge in [-0.2, -0.15) is 9.97 Å². The van der Waals surface area contributed by atoms with Crippen molar-refractivity contribution in [1.82, 2.24) is 15.0 Å². The maximum Gasteiger partial charge on any atom is 0.324 e. The molecule has 0 atom stereocenters. The number of rotatable bonds is 8. The number of ether oxygens (including phenoxy) is 3. The third-order valence-corrected chi connectivity index (χ3v) is 2.02. The van der Waals surface area contributed by atoms with Gasteiger partial charge in [-0.1, -0.05) is 0 Å². The minimum absolute atomic E-state index is 0.233. The van der Waals surface area contributed by atoms with Crippen LogP contribution in [0.25, 0.3) is 0 Å². The molecule has 0 saturated carbocycles. The molecule has 0 unspecified atom stereocenters. The zero-order valence-corrected chi connectivity index (χ0v) is 10.4. The van der Waals surface area contributed by atoms with Crippen LogP contribution in [0.5, 0.6) is 12.0 Å². The van der Waals surface area contributed by atoms with Crippen LogP contribution in [0.4, 0.5) is 5.95 Å². The molecule has 96 valence electrons. The molecule has 0 aliphatic carbocycles. The molecular formula is C10H18N4O3. The first-order valence-corrected chi connectivity index (χ1v) is 5.37. The van der Waals surface area contributed by atoms with E-state index in [2.05, 4.69) is 20.3 Å². The molecule has 0 radical (unpaired) electrons. The molecule has 0 fully saturated rings. The monoisotopic (exact) mass is 242 g/mol. The Morgan fingerprint density at radius 3 is 2.12 bits per heavy atom. The highest BCUT2D eigenvalue weighted by Crippen LogP contribution is 2.11. The summed E-state index contributed by atoms with van der Waals surface area (Å²) in [5, 5.41) is 3.08. The summed E-state index contributed by atoms with van der Waals surface area (Å²) in [7, 11) is 4.68. The van der Waals surface area contributed by atoms with Crippen LogP contribution < -0.4 is 14.8 Å². The maximum atomic E-state index is 4.96. The molecule has 0 saturated heterocycles. The first kappa shape index (κ1) is 13.4. The molecule has 1 aromatic heterocycles. The van der Waals surface area contributed by atoms with Crippen molar-refractivity contribution in [2.24, 2.45) is 0 Å². The largest absolute Gasteiger partial charge is 0.467 e. The van der Waals surface area contributed by atoms with Crippen LogP contribution in [0.2, 0.25) is 0 Å². The highest BCUT2D eigenvalue weighted by Gasteiger charge is 2.05. The van der Waals surface area contributed by atoms with Gasteiger partial charge in [0.05, 0.1) is 14.2 Å². The van der Waals surface area contributed by atoms with E-state index >= 15 is 0 Å². The van der Waals surface area contributed by atoms with E-state index in [1.165, 1.54) is 14.2 Å². The summed E-state index contributed by atoms with van der Waals surface area (Å²) in [5.74, 6) is 0.450. The van der Waals surface area contributed by atoms with E-state index in [0.717, 1.165) is 26.0 Å². The van der Waals surface area contributed by atoms with Gasteiger partial charge in [-0.15, -0.1) is 4.98 Å². The number of aromatic nitrogens is 3. The van der Waals surface area contributed by atoms with Gasteiger partial charge >= 0.3 is 12.0 Å². The number of nitrogens with zero attached hydrogens (tertiary/aromatic N) is 3. The highest BCUT2D eigenvalue weighted by molar-refractivity contribution is 5.27.